The van der Waals surface area contributed by atoms with Gasteiger partial charge in [0.05, 0.1) is 16.9 Å². The highest BCUT2D eigenvalue weighted by molar-refractivity contribution is 5.43. The van der Waals surface area contributed by atoms with Crippen LogP contribution in [0.25, 0.3) is 5.69 Å². The van der Waals surface area contributed by atoms with Crippen molar-refractivity contribution in [3.63, 3.8) is 0 Å². The van der Waals surface area contributed by atoms with Crippen LogP contribution in [0, 0.1) is 20.8 Å². The molecule has 1 atom stereocenters. The number of hydrogen-bond acceptors (Lipinski definition) is 5. The largest absolute Gasteiger partial charge is 0.491 e. The molecule has 37 heavy (non-hydrogen) atoms. The summed E-state index contributed by atoms with van der Waals surface area (Å²) >= 11 is 0. The molecule has 0 aliphatic rings. The average Bonchev–Trinajstić information content (AvgIpc) is 3.19. The first-order chi connectivity index (χ1) is 17.9. The number of para-hydroxylation sites is 2. The Morgan fingerprint density at radius 3 is 2.43 bits per heavy atom. The summed E-state index contributed by atoms with van der Waals surface area (Å²) in [6.45, 7) is 10.4. The van der Waals surface area contributed by atoms with Crippen LogP contribution in [0.4, 0.5) is 0 Å². The van der Waals surface area contributed by atoms with E-state index in [1.165, 1.54) is 0 Å². The molecule has 4 rings (SSSR count). The van der Waals surface area contributed by atoms with Gasteiger partial charge >= 0.3 is 0 Å². The predicted molar refractivity (Wildman–Crippen MR) is 148 cm³/mol. The summed E-state index contributed by atoms with van der Waals surface area (Å²) in [5.74, 6) is 2.27. The van der Waals surface area contributed by atoms with Gasteiger partial charge < -0.3 is 14.6 Å². The third kappa shape index (κ3) is 7.00. The van der Waals surface area contributed by atoms with Crippen molar-refractivity contribution in [2.24, 2.45) is 0 Å². The van der Waals surface area contributed by atoms with Gasteiger partial charge in [0, 0.05) is 13.1 Å². The highest BCUT2D eigenvalue weighted by atomic mass is 16.5. The van der Waals surface area contributed by atoms with Crippen LogP contribution in [-0.4, -0.2) is 45.6 Å². The topological polar surface area (TPSA) is 59.8 Å². The number of nitrogens with zero attached hydrogens (tertiary/aromatic N) is 3. The van der Waals surface area contributed by atoms with Crippen LogP contribution >= 0.6 is 0 Å². The molecule has 0 aliphatic heterocycles. The molecule has 1 unspecified atom stereocenters. The molecule has 0 amide bonds. The minimum atomic E-state index is -0.628. The predicted octanol–water partition coefficient (Wildman–Crippen LogP) is 6.24. The Morgan fingerprint density at radius 2 is 1.70 bits per heavy atom. The zero-order valence-electron chi connectivity index (χ0n) is 22.2. The van der Waals surface area contributed by atoms with Crippen molar-refractivity contribution in [3.8, 4) is 23.1 Å². The Labute approximate surface area is 220 Å². The first kappa shape index (κ1) is 26.5. The molecule has 1 N–H and O–H groups in total. The summed E-state index contributed by atoms with van der Waals surface area (Å²) in [6, 6.07) is 25.9. The molecule has 0 bridgehead atoms. The molecular weight excluding hydrogens is 462 g/mol. The molecule has 3 aromatic carbocycles. The monoisotopic (exact) mass is 499 g/mol. The Bertz CT molecular complexity index is 1290. The number of rotatable bonds is 12. The Balaban J connectivity index is 1.57. The third-order valence-electron chi connectivity index (χ3n) is 6.26. The van der Waals surface area contributed by atoms with Crippen LogP contribution in [-0.2, 0) is 6.54 Å². The lowest BCUT2D eigenvalue weighted by Crippen LogP contribution is -2.36. The van der Waals surface area contributed by atoms with Crippen LogP contribution < -0.4 is 9.47 Å². The lowest BCUT2D eigenvalue weighted by atomic mass is 10.2. The minimum Gasteiger partial charge on any atom is -0.491 e. The fourth-order valence-corrected chi connectivity index (χ4v) is 4.39. The van der Waals surface area contributed by atoms with Gasteiger partial charge in [0.2, 0.25) is 5.88 Å². The molecule has 6 heteroatoms. The van der Waals surface area contributed by atoms with E-state index in [-0.39, 0.29) is 6.61 Å². The number of ether oxygens (including phenoxy) is 2. The van der Waals surface area contributed by atoms with Crippen molar-refractivity contribution in [2.45, 2.75) is 46.8 Å². The number of hydrogen-bond donors (Lipinski definition) is 1. The second-order valence-electron chi connectivity index (χ2n) is 9.50. The number of aliphatic hydroxyl groups excluding tert-OH is 1. The summed E-state index contributed by atoms with van der Waals surface area (Å²) in [6.07, 6.45) is 0.336. The number of aliphatic hydroxyl groups is 1. The normalized spacial score (nSPS) is 12.1. The first-order valence-electron chi connectivity index (χ1n) is 12.9. The lowest BCUT2D eigenvalue weighted by molar-refractivity contribution is 0.0651. The molecule has 1 aromatic heterocycles. The number of benzene rings is 3. The van der Waals surface area contributed by atoms with Crippen LogP contribution in [0.5, 0.6) is 17.4 Å². The summed E-state index contributed by atoms with van der Waals surface area (Å²) < 4.78 is 14.3. The second-order valence-corrected chi connectivity index (χ2v) is 9.50. The quantitative estimate of drug-likeness (QED) is 0.250. The van der Waals surface area contributed by atoms with Crippen LogP contribution in [0.15, 0.2) is 78.9 Å². The maximum Gasteiger partial charge on any atom is 0.227 e. The van der Waals surface area contributed by atoms with Gasteiger partial charge in [0.15, 0.2) is 0 Å². The first-order valence-corrected chi connectivity index (χ1v) is 12.9. The standard InChI is InChI=1S/C31H37N3O3/c1-5-18-33(20-27(35)22-36-30-17-10-9-13-24(30)3)21-29-25(4)32-34(26-14-7-6-8-15-26)31(29)37-28-16-11-12-23(2)19-28/h6-17,19,27,35H,5,18,20-22H2,1-4H3. The van der Waals surface area contributed by atoms with E-state index in [1.54, 1.807) is 0 Å². The van der Waals surface area contributed by atoms with E-state index in [0.29, 0.717) is 19.0 Å². The molecule has 1 heterocycles. The Hall–Kier alpha value is -3.61. The molecule has 0 radical (unpaired) electrons. The van der Waals surface area contributed by atoms with Crippen molar-refractivity contribution in [1.82, 2.24) is 14.7 Å². The van der Waals surface area contributed by atoms with Gasteiger partial charge in [-0.1, -0.05) is 55.5 Å². The van der Waals surface area contributed by atoms with E-state index >= 15 is 0 Å². The highest BCUT2D eigenvalue weighted by Gasteiger charge is 2.22. The SMILES string of the molecule is CCCN(Cc1c(C)nn(-c2ccccc2)c1Oc1cccc(C)c1)CC(O)COc1ccccc1C. The van der Waals surface area contributed by atoms with E-state index in [2.05, 4.69) is 24.8 Å². The average molecular weight is 500 g/mol. The van der Waals surface area contributed by atoms with E-state index < -0.39 is 6.10 Å². The van der Waals surface area contributed by atoms with Gasteiger partial charge in [-0.2, -0.15) is 5.10 Å². The van der Waals surface area contributed by atoms with E-state index in [4.69, 9.17) is 14.6 Å². The Kier molecular flexibility index (Phi) is 8.99. The fourth-order valence-electron chi connectivity index (χ4n) is 4.39. The highest BCUT2D eigenvalue weighted by Crippen LogP contribution is 2.32. The minimum absolute atomic E-state index is 0.236. The van der Waals surface area contributed by atoms with Gasteiger partial charge in [0.25, 0.3) is 0 Å². The molecule has 6 nitrogen and oxygen atoms in total. The van der Waals surface area contributed by atoms with E-state index in [9.17, 15) is 5.11 Å². The van der Waals surface area contributed by atoms with Gasteiger partial charge in [-0.05, 0) is 75.2 Å². The fraction of sp³-hybridized carbons (Fsp3) is 0.323. The van der Waals surface area contributed by atoms with E-state index in [0.717, 1.165) is 52.5 Å². The summed E-state index contributed by atoms with van der Waals surface area (Å²) in [4.78, 5) is 2.24. The van der Waals surface area contributed by atoms with Crippen LogP contribution in [0.3, 0.4) is 0 Å². The lowest BCUT2D eigenvalue weighted by Gasteiger charge is -2.25. The molecule has 4 aromatic rings. The van der Waals surface area contributed by atoms with Gasteiger partial charge in [-0.3, -0.25) is 4.90 Å². The van der Waals surface area contributed by atoms with Gasteiger partial charge in [-0.25, -0.2) is 4.68 Å². The molecule has 0 aliphatic carbocycles. The van der Waals surface area contributed by atoms with Gasteiger partial charge in [0.1, 0.15) is 24.2 Å². The molecule has 0 saturated carbocycles. The van der Waals surface area contributed by atoms with Crippen molar-refractivity contribution < 1.29 is 14.6 Å². The van der Waals surface area contributed by atoms with Crippen LogP contribution in [0.2, 0.25) is 0 Å². The molecule has 0 saturated heterocycles. The van der Waals surface area contributed by atoms with Crippen molar-refractivity contribution in [3.05, 3.63) is 101 Å². The summed E-state index contributed by atoms with van der Waals surface area (Å²) in [5, 5.41) is 15.7. The molecule has 194 valence electrons. The molecule has 0 fully saturated rings. The molecular formula is C31H37N3O3. The summed E-state index contributed by atoms with van der Waals surface area (Å²) in [7, 11) is 0. The Morgan fingerprint density at radius 1 is 0.946 bits per heavy atom. The zero-order chi connectivity index (χ0) is 26.2. The van der Waals surface area contributed by atoms with E-state index in [1.807, 2.05) is 91.3 Å². The van der Waals surface area contributed by atoms with Crippen LogP contribution in [0.1, 0.15) is 35.7 Å². The number of aromatic nitrogens is 2. The van der Waals surface area contributed by atoms with Gasteiger partial charge in [-0.15, -0.1) is 0 Å². The molecule has 0 spiro atoms. The zero-order valence-corrected chi connectivity index (χ0v) is 22.2. The smallest absolute Gasteiger partial charge is 0.227 e. The maximum atomic E-state index is 10.8. The second kappa shape index (κ2) is 12.6. The van der Waals surface area contributed by atoms with Crippen molar-refractivity contribution >= 4 is 0 Å². The van der Waals surface area contributed by atoms with Crippen molar-refractivity contribution in [1.29, 1.82) is 0 Å². The third-order valence-corrected chi connectivity index (χ3v) is 6.26. The summed E-state index contributed by atoms with van der Waals surface area (Å²) in [5.41, 5.74) is 5.03. The van der Waals surface area contributed by atoms with Crippen molar-refractivity contribution in [2.75, 3.05) is 19.7 Å². The maximum absolute atomic E-state index is 10.8. The number of aryl methyl sites for hydroxylation is 3.